The maximum absolute atomic E-state index is 13.9. The normalized spacial score (nSPS) is 12.7. The molecule has 39 heavy (non-hydrogen) atoms. The van der Waals surface area contributed by atoms with E-state index in [9.17, 15) is 18.0 Å². The van der Waals surface area contributed by atoms with Gasteiger partial charge in [0, 0.05) is 12.6 Å². The van der Waals surface area contributed by atoms with Gasteiger partial charge in [0.2, 0.25) is 11.8 Å². The predicted octanol–water partition coefficient (Wildman–Crippen LogP) is 4.88. The Hall–Kier alpha value is -3.56. The summed E-state index contributed by atoms with van der Waals surface area (Å²) in [6.45, 7) is 4.95. The van der Waals surface area contributed by atoms with Crippen molar-refractivity contribution in [2.45, 2.75) is 50.7 Å². The number of hydrogen-bond donors (Lipinski definition) is 1. The van der Waals surface area contributed by atoms with Gasteiger partial charge in [0.05, 0.1) is 22.7 Å². The van der Waals surface area contributed by atoms with Gasteiger partial charge in [-0.15, -0.1) is 0 Å². The minimum absolute atomic E-state index is 0.0135. The number of anilines is 1. The van der Waals surface area contributed by atoms with E-state index >= 15 is 0 Å². The second kappa shape index (κ2) is 13.5. The summed E-state index contributed by atoms with van der Waals surface area (Å²) >= 11 is 6.42. The van der Waals surface area contributed by atoms with Crippen molar-refractivity contribution >= 4 is 39.1 Å². The van der Waals surface area contributed by atoms with Gasteiger partial charge in [-0.05, 0) is 62.2 Å². The molecule has 208 valence electrons. The summed E-state index contributed by atoms with van der Waals surface area (Å²) < 4.78 is 33.9. The van der Waals surface area contributed by atoms with Crippen LogP contribution in [-0.4, -0.2) is 50.9 Å². The quantitative estimate of drug-likeness (QED) is 0.334. The Labute approximate surface area is 235 Å². The molecule has 0 unspecified atom stereocenters. The Morgan fingerprint density at radius 1 is 0.974 bits per heavy atom. The maximum Gasteiger partial charge on any atom is 0.264 e. The third-order valence-corrected chi connectivity index (χ3v) is 8.48. The SMILES string of the molecule is CC[C@H](C)NC(=O)[C@@H](C)N(Cc1cccc(OC)c1)C(=O)CN(c1ccccc1Cl)S(=O)(=O)c1ccccc1. The van der Waals surface area contributed by atoms with Crippen LogP contribution in [0.5, 0.6) is 5.75 Å². The number of carbonyl (C=O) groups is 2. The van der Waals surface area contributed by atoms with Crippen LogP contribution < -0.4 is 14.4 Å². The third kappa shape index (κ3) is 7.52. The second-order valence-corrected chi connectivity index (χ2v) is 11.4. The van der Waals surface area contributed by atoms with Gasteiger partial charge in [0.15, 0.2) is 0 Å². The summed E-state index contributed by atoms with van der Waals surface area (Å²) in [6, 6.07) is 20.4. The fourth-order valence-corrected chi connectivity index (χ4v) is 5.64. The van der Waals surface area contributed by atoms with Crippen LogP contribution in [0.25, 0.3) is 0 Å². The Kier molecular flexibility index (Phi) is 10.4. The molecule has 0 radical (unpaired) electrons. The number of para-hydroxylation sites is 1. The number of halogens is 1. The van der Waals surface area contributed by atoms with E-state index in [0.717, 1.165) is 16.3 Å². The Balaban J connectivity index is 2.03. The third-order valence-electron chi connectivity index (χ3n) is 6.39. The largest absolute Gasteiger partial charge is 0.497 e. The Morgan fingerprint density at radius 3 is 2.28 bits per heavy atom. The van der Waals surface area contributed by atoms with Gasteiger partial charge in [-0.1, -0.05) is 61.0 Å². The summed E-state index contributed by atoms with van der Waals surface area (Å²) in [7, 11) is -2.63. The van der Waals surface area contributed by atoms with Crippen molar-refractivity contribution < 1.29 is 22.7 Å². The molecule has 0 bridgehead atoms. The first-order chi connectivity index (χ1) is 18.6. The number of sulfonamides is 1. The van der Waals surface area contributed by atoms with Crippen molar-refractivity contribution in [2.24, 2.45) is 0 Å². The highest BCUT2D eigenvalue weighted by molar-refractivity contribution is 7.92. The molecule has 0 saturated carbocycles. The lowest BCUT2D eigenvalue weighted by Gasteiger charge is -2.32. The Morgan fingerprint density at radius 2 is 1.64 bits per heavy atom. The molecule has 0 saturated heterocycles. The molecule has 3 aromatic rings. The lowest BCUT2D eigenvalue weighted by Crippen LogP contribution is -2.52. The highest BCUT2D eigenvalue weighted by atomic mass is 35.5. The molecule has 2 atom stereocenters. The van der Waals surface area contributed by atoms with Crippen molar-refractivity contribution in [3.63, 3.8) is 0 Å². The minimum atomic E-state index is -4.18. The van der Waals surface area contributed by atoms with Gasteiger partial charge in [0.25, 0.3) is 10.0 Å². The van der Waals surface area contributed by atoms with E-state index in [1.807, 2.05) is 19.9 Å². The number of rotatable bonds is 12. The molecule has 10 heteroatoms. The first-order valence-electron chi connectivity index (χ1n) is 12.6. The number of methoxy groups -OCH3 is 1. The van der Waals surface area contributed by atoms with Crippen molar-refractivity contribution in [2.75, 3.05) is 18.0 Å². The minimum Gasteiger partial charge on any atom is -0.497 e. The first kappa shape index (κ1) is 30.0. The van der Waals surface area contributed by atoms with Crippen LogP contribution in [0.1, 0.15) is 32.8 Å². The number of benzene rings is 3. The first-order valence-corrected chi connectivity index (χ1v) is 14.4. The standard InChI is InChI=1S/C29H34ClN3O5S/c1-5-21(2)31-29(35)22(3)32(19-23-12-11-13-24(18-23)38-4)28(34)20-33(27-17-10-9-16-26(27)30)39(36,37)25-14-7-6-8-15-25/h6-18,21-22H,5,19-20H2,1-4H3,(H,31,35)/t21-,22+/m0/s1. The lowest BCUT2D eigenvalue weighted by atomic mass is 10.1. The lowest BCUT2D eigenvalue weighted by molar-refractivity contribution is -0.139. The monoisotopic (exact) mass is 571 g/mol. The molecule has 3 aromatic carbocycles. The van der Waals surface area contributed by atoms with Crippen molar-refractivity contribution in [1.29, 1.82) is 0 Å². The summed E-state index contributed by atoms with van der Waals surface area (Å²) in [5, 5.41) is 3.09. The zero-order chi connectivity index (χ0) is 28.6. The molecule has 0 aliphatic heterocycles. The average Bonchev–Trinajstić information content (AvgIpc) is 2.95. The van der Waals surface area contributed by atoms with Gasteiger partial charge >= 0.3 is 0 Å². The van der Waals surface area contributed by atoms with E-state index in [2.05, 4.69) is 5.32 Å². The van der Waals surface area contributed by atoms with Crippen LogP contribution in [-0.2, 0) is 26.2 Å². The molecule has 0 spiro atoms. The van der Waals surface area contributed by atoms with Crippen LogP contribution in [0.4, 0.5) is 5.69 Å². The number of carbonyl (C=O) groups excluding carboxylic acids is 2. The van der Waals surface area contributed by atoms with Gasteiger partial charge in [-0.2, -0.15) is 0 Å². The highest BCUT2D eigenvalue weighted by Gasteiger charge is 2.33. The van der Waals surface area contributed by atoms with E-state index in [1.54, 1.807) is 74.7 Å². The maximum atomic E-state index is 13.9. The number of ether oxygens (including phenoxy) is 1. The van der Waals surface area contributed by atoms with Crippen LogP contribution in [0.2, 0.25) is 5.02 Å². The molecule has 8 nitrogen and oxygen atoms in total. The molecular weight excluding hydrogens is 538 g/mol. The molecule has 1 N–H and O–H groups in total. The fraction of sp³-hybridized carbons (Fsp3) is 0.310. The van der Waals surface area contributed by atoms with Crippen molar-refractivity contribution in [3.05, 3.63) is 89.4 Å². The van der Waals surface area contributed by atoms with E-state index in [-0.39, 0.29) is 34.1 Å². The second-order valence-electron chi connectivity index (χ2n) is 9.14. The van der Waals surface area contributed by atoms with Gasteiger partial charge in [-0.3, -0.25) is 13.9 Å². The predicted molar refractivity (Wildman–Crippen MR) is 153 cm³/mol. The smallest absolute Gasteiger partial charge is 0.264 e. The van der Waals surface area contributed by atoms with Gasteiger partial charge in [-0.25, -0.2) is 8.42 Å². The number of nitrogens with zero attached hydrogens (tertiary/aromatic N) is 2. The summed E-state index contributed by atoms with van der Waals surface area (Å²) in [5.74, 6) is -0.305. The van der Waals surface area contributed by atoms with Crippen LogP contribution in [0, 0.1) is 0 Å². The van der Waals surface area contributed by atoms with E-state index in [1.165, 1.54) is 17.0 Å². The molecule has 3 rings (SSSR count). The highest BCUT2D eigenvalue weighted by Crippen LogP contribution is 2.30. The molecular formula is C29H34ClN3O5S. The summed E-state index contributed by atoms with van der Waals surface area (Å²) in [6.07, 6.45) is 0.720. The fourth-order valence-electron chi connectivity index (χ4n) is 3.90. The van der Waals surface area contributed by atoms with Gasteiger partial charge < -0.3 is 15.0 Å². The average molecular weight is 572 g/mol. The molecule has 0 heterocycles. The molecule has 2 amide bonds. The van der Waals surface area contributed by atoms with E-state index in [0.29, 0.717) is 5.75 Å². The number of amides is 2. The number of hydrogen-bond acceptors (Lipinski definition) is 5. The van der Waals surface area contributed by atoms with Crippen molar-refractivity contribution in [1.82, 2.24) is 10.2 Å². The van der Waals surface area contributed by atoms with E-state index < -0.39 is 28.5 Å². The van der Waals surface area contributed by atoms with Crippen LogP contribution in [0.3, 0.4) is 0 Å². The van der Waals surface area contributed by atoms with Crippen LogP contribution in [0.15, 0.2) is 83.8 Å². The summed E-state index contributed by atoms with van der Waals surface area (Å²) in [5.41, 5.74) is 0.885. The zero-order valence-electron chi connectivity index (χ0n) is 22.5. The van der Waals surface area contributed by atoms with Crippen LogP contribution >= 0.6 is 11.6 Å². The molecule has 0 aliphatic rings. The molecule has 0 fully saturated rings. The van der Waals surface area contributed by atoms with E-state index in [4.69, 9.17) is 16.3 Å². The zero-order valence-corrected chi connectivity index (χ0v) is 24.1. The Bertz CT molecular complexity index is 1380. The summed E-state index contributed by atoms with van der Waals surface area (Å²) in [4.78, 5) is 28.4. The number of nitrogens with one attached hydrogen (secondary N) is 1. The van der Waals surface area contributed by atoms with Gasteiger partial charge in [0.1, 0.15) is 18.3 Å². The molecule has 0 aromatic heterocycles. The molecule has 0 aliphatic carbocycles. The van der Waals surface area contributed by atoms with Crippen molar-refractivity contribution in [3.8, 4) is 5.75 Å². The topological polar surface area (TPSA) is 96.0 Å².